The maximum absolute atomic E-state index is 9.77. The first-order valence-electron chi connectivity index (χ1n) is 6.83. The van der Waals surface area contributed by atoms with E-state index in [0.717, 1.165) is 28.9 Å². The van der Waals surface area contributed by atoms with Gasteiger partial charge < -0.3 is 10.4 Å². The minimum Gasteiger partial charge on any atom is -0.394 e. The summed E-state index contributed by atoms with van der Waals surface area (Å²) in [6.07, 6.45) is 5.81. The van der Waals surface area contributed by atoms with E-state index in [2.05, 4.69) is 34.2 Å². The van der Waals surface area contributed by atoms with Crippen molar-refractivity contribution in [3.05, 3.63) is 28.7 Å². The molecule has 1 aliphatic rings. The summed E-state index contributed by atoms with van der Waals surface area (Å²) in [7, 11) is 0. The Morgan fingerprint density at radius 1 is 1.33 bits per heavy atom. The maximum Gasteiger partial charge on any atom is 0.0661 e. The first-order valence-corrected chi connectivity index (χ1v) is 7.62. The van der Waals surface area contributed by atoms with Crippen LogP contribution in [0.15, 0.2) is 28.7 Å². The van der Waals surface area contributed by atoms with Gasteiger partial charge in [-0.05, 0) is 59.7 Å². The van der Waals surface area contributed by atoms with Crippen LogP contribution in [0.25, 0.3) is 0 Å². The third kappa shape index (κ3) is 3.07. The zero-order chi connectivity index (χ0) is 13.0. The van der Waals surface area contributed by atoms with Gasteiger partial charge in [-0.3, -0.25) is 0 Å². The topological polar surface area (TPSA) is 32.3 Å². The molecular weight excluding hydrogens is 290 g/mol. The number of aliphatic hydroxyl groups excluding tert-OH is 1. The number of halogens is 1. The largest absolute Gasteiger partial charge is 0.394 e. The predicted octanol–water partition coefficient (Wildman–Crippen LogP) is 4.19. The van der Waals surface area contributed by atoms with Crippen molar-refractivity contribution in [2.45, 2.75) is 44.6 Å². The summed E-state index contributed by atoms with van der Waals surface area (Å²) in [5, 5.41) is 13.3. The van der Waals surface area contributed by atoms with Crippen LogP contribution in [0, 0.1) is 5.92 Å². The molecule has 0 radical (unpaired) electrons. The fourth-order valence-electron chi connectivity index (χ4n) is 2.81. The molecule has 1 fully saturated rings. The Balaban J connectivity index is 2.08. The van der Waals surface area contributed by atoms with Crippen molar-refractivity contribution in [2.75, 3.05) is 11.9 Å². The Hall–Kier alpha value is -0.540. The van der Waals surface area contributed by atoms with Crippen molar-refractivity contribution in [2.24, 2.45) is 5.92 Å². The molecule has 0 atom stereocenters. The molecule has 2 N–H and O–H groups in total. The van der Waals surface area contributed by atoms with Crippen molar-refractivity contribution in [1.29, 1.82) is 0 Å². The van der Waals surface area contributed by atoms with E-state index in [4.69, 9.17) is 0 Å². The third-order valence-corrected chi connectivity index (χ3v) is 4.91. The van der Waals surface area contributed by atoms with E-state index in [-0.39, 0.29) is 12.1 Å². The number of hydrogen-bond acceptors (Lipinski definition) is 2. The van der Waals surface area contributed by atoms with Gasteiger partial charge >= 0.3 is 0 Å². The van der Waals surface area contributed by atoms with Crippen LogP contribution in [0.4, 0.5) is 5.69 Å². The highest BCUT2D eigenvalue weighted by molar-refractivity contribution is 9.10. The average molecular weight is 312 g/mol. The molecule has 0 bridgehead atoms. The molecular formula is C15H22BrNO. The summed E-state index contributed by atoms with van der Waals surface area (Å²) in [6, 6.07) is 8.13. The Morgan fingerprint density at radius 2 is 2.00 bits per heavy atom. The SMILES string of the molecule is CCC1CCC(CO)(Nc2ccccc2Br)CC1. The number of nitrogens with one attached hydrogen (secondary N) is 1. The van der Waals surface area contributed by atoms with Gasteiger partial charge in [0.05, 0.1) is 12.1 Å². The van der Waals surface area contributed by atoms with Gasteiger partial charge in [-0.25, -0.2) is 0 Å². The van der Waals surface area contributed by atoms with Gasteiger partial charge in [-0.15, -0.1) is 0 Å². The number of aliphatic hydroxyl groups is 1. The molecule has 1 aromatic carbocycles. The molecule has 2 nitrogen and oxygen atoms in total. The summed E-state index contributed by atoms with van der Waals surface area (Å²) in [6.45, 7) is 2.47. The normalized spacial score (nSPS) is 28.1. The molecule has 0 amide bonds. The molecule has 0 aliphatic heterocycles. The molecule has 2 rings (SSSR count). The molecule has 1 aliphatic carbocycles. The summed E-state index contributed by atoms with van der Waals surface area (Å²) < 4.78 is 1.07. The molecule has 18 heavy (non-hydrogen) atoms. The lowest BCUT2D eigenvalue weighted by atomic mass is 9.76. The third-order valence-electron chi connectivity index (χ3n) is 4.22. The van der Waals surface area contributed by atoms with Crippen molar-refractivity contribution in [1.82, 2.24) is 0 Å². The van der Waals surface area contributed by atoms with Crippen molar-refractivity contribution < 1.29 is 5.11 Å². The van der Waals surface area contributed by atoms with Crippen LogP contribution in [-0.4, -0.2) is 17.3 Å². The van der Waals surface area contributed by atoms with Crippen molar-refractivity contribution in [3.63, 3.8) is 0 Å². The zero-order valence-electron chi connectivity index (χ0n) is 11.0. The molecule has 0 heterocycles. The summed E-state index contributed by atoms with van der Waals surface area (Å²) in [5.74, 6) is 0.839. The Kier molecular flexibility index (Phi) is 4.68. The van der Waals surface area contributed by atoms with Gasteiger partial charge in [0.25, 0.3) is 0 Å². The fraction of sp³-hybridized carbons (Fsp3) is 0.600. The molecule has 3 heteroatoms. The second-order valence-corrected chi connectivity index (χ2v) is 6.25. The van der Waals surface area contributed by atoms with Crippen LogP contribution in [-0.2, 0) is 0 Å². The number of benzene rings is 1. The number of anilines is 1. The first kappa shape index (κ1) is 13.9. The van der Waals surface area contributed by atoms with Crippen LogP contribution in [0.1, 0.15) is 39.0 Å². The zero-order valence-corrected chi connectivity index (χ0v) is 12.5. The van der Waals surface area contributed by atoms with Gasteiger partial charge in [0.1, 0.15) is 0 Å². The van der Waals surface area contributed by atoms with E-state index in [1.54, 1.807) is 0 Å². The second-order valence-electron chi connectivity index (χ2n) is 5.39. The van der Waals surface area contributed by atoms with Crippen molar-refractivity contribution in [3.8, 4) is 0 Å². The average Bonchev–Trinajstić information content (AvgIpc) is 2.42. The highest BCUT2D eigenvalue weighted by Gasteiger charge is 2.34. The molecule has 1 aromatic rings. The van der Waals surface area contributed by atoms with Gasteiger partial charge in [0.2, 0.25) is 0 Å². The van der Waals surface area contributed by atoms with Gasteiger partial charge in [-0.2, -0.15) is 0 Å². The lowest BCUT2D eigenvalue weighted by Crippen LogP contribution is -2.45. The van der Waals surface area contributed by atoms with Crippen LogP contribution >= 0.6 is 15.9 Å². The van der Waals surface area contributed by atoms with E-state index in [9.17, 15) is 5.11 Å². The smallest absolute Gasteiger partial charge is 0.0661 e. The molecule has 100 valence electrons. The molecule has 0 unspecified atom stereocenters. The quantitative estimate of drug-likeness (QED) is 0.873. The Morgan fingerprint density at radius 3 is 2.56 bits per heavy atom. The highest BCUT2D eigenvalue weighted by atomic mass is 79.9. The summed E-state index contributed by atoms with van der Waals surface area (Å²) >= 11 is 3.56. The van der Waals surface area contributed by atoms with Crippen molar-refractivity contribution >= 4 is 21.6 Å². The Labute approximate surface area is 118 Å². The van der Waals surface area contributed by atoms with Gasteiger partial charge in [0, 0.05) is 10.2 Å². The maximum atomic E-state index is 9.77. The fourth-order valence-corrected chi connectivity index (χ4v) is 3.19. The van der Waals surface area contributed by atoms with Crippen LogP contribution in [0.5, 0.6) is 0 Å². The number of rotatable bonds is 4. The molecule has 1 saturated carbocycles. The monoisotopic (exact) mass is 311 g/mol. The lowest BCUT2D eigenvalue weighted by molar-refractivity contribution is 0.150. The second kappa shape index (κ2) is 6.07. The van der Waals surface area contributed by atoms with Gasteiger partial charge in [0.15, 0.2) is 0 Å². The number of para-hydroxylation sites is 1. The predicted molar refractivity (Wildman–Crippen MR) is 79.8 cm³/mol. The Bertz CT molecular complexity index is 386. The van der Waals surface area contributed by atoms with E-state index < -0.39 is 0 Å². The summed E-state index contributed by atoms with van der Waals surface area (Å²) in [5.41, 5.74) is 0.955. The highest BCUT2D eigenvalue weighted by Crippen LogP contribution is 2.37. The standard InChI is InChI=1S/C15H22BrNO/c1-2-12-7-9-15(11-18,10-8-12)17-14-6-4-3-5-13(14)16/h3-6,12,17-18H,2,7-11H2,1H3. The van der Waals surface area contributed by atoms with E-state index >= 15 is 0 Å². The minimum atomic E-state index is -0.129. The van der Waals surface area contributed by atoms with Crippen LogP contribution in [0.3, 0.4) is 0 Å². The van der Waals surface area contributed by atoms with Gasteiger partial charge in [-0.1, -0.05) is 25.5 Å². The lowest BCUT2D eigenvalue weighted by Gasteiger charge is -2.40. The van der Waals surface area contributed by atoms with Crippen LogP contribution in [0.2, 0.25) is 0 Å². The molecule has 0 saturated heterocycles. The van der Waals surface area contributed by atoms with E-state index in [1.165, 1.54) is 19.3 Å². The first-order chi connectivity index (χ1) is 8.69. The summed E-state index contributed by atoms with van der Waals surface area (Å²) in [4.78, 5) is 0. The minimum absolute atomic E-state index is 0.129. The van der Waals surface area contributed by atoms with E-state index in [0.29, 0.717) is 0 Å². The van der Waals surface area contributed by atoms with Crippen LogP contribution < -0.4 is 5.32 Å². The molecule has 0 spiro atoms. The molecule has 0 aromatic heterocycles. The van der Waals surface area contributed by atoms with E-state index in [1.807, 2.05) is 18.2 Å². The number of hydrogen-bond donors (Lipinski definition) is 2.